The molecule has 2 amide bonds. The Hall–Kier alpha value is -3.42. The monoisotopic (exact) mass is 1120 g/mol. The molecule has 79 heavy (non-hydrogen) atoms. The van der Waals surface area contributed by atoms with E-state index in [-0.39, 0.29) is 19.4 Å². The lowest BCUT2D eigenvalue weighted by atomic mass is 9.80. The smallest absolute Gasteiger partial charge is 0.410 e. The van der Waals surface area contributed by atoms with Crippen molar-refractivity contribution in [3.8, 4) is 0 Å². The number of nitrogens with one attached hydrogen (secondary N) is 2. The minimum Gasteiger partial charge on any atom is -0.445 e. The second kappa shape index (κ2) is 47.1. The van der Waals surface area contributed by atoms with Crippen LogP contribution in [0.3, 0.4) is 0 Å². The third-order valence-corrected chi connectivity index (χ3v) is 15.4. The number of rotatable bonds is 51. The van der Waals surface area contributed by atoms with Gasteiger partial charge in [0.05, 0.1) is 19.3 Å². The van der Waals surface area contributed by atoms with E-state index in [0.717, 1.165) is 56.9 Å². The molecule has 0 aliphatic carbocycles. The van der Waals surface area contributed by atoms with Gasteiger partial charge in [-0.25, -0.2) is 9.59 Å². The lowest BCUT2D eigenvalue weighted by Gasteiger charge is -2.41. The maximum absolute atomic E-state index is 14.2. The molecule has 17 heteroatoms. The number of benzene rings is 1. The predicted molar refractivity (Wildman–Crippen MR) is 307 cm³/mol. The maximum atomic E-state index is 14.2. The predicted octanol–water partition coefficient (Wildman–Crippen LogP) is 11.5. The van der Waals surface area contributed by atoms with Crippen molar-refractivity contribution in [3.05, 3.63) is 35.9 Å². The van der Waals surface area contributed by atoms with Crippen molar-refractivity contribution in [2.75, 3.05) is 26.6 Å². The molecular weight excluding hydrogens is 1010 g/mol. The van der Waals surface area contributed by atoms with Crippen LogP contribution in [0, 0.1) is 0 Å². The number of ether oxygens (including phenoxy) is 5. The molecule has 17 nitrogen and oxygen atoms in total. The van der Waals surface area contributed by atoms with Crippen molar-refractivity contribution >= 4 is 23.9 Å². The average Bonchev–Trinajstić information content (AvgIpc) is 3.45. The van der Waals surface area contributed by atoms with Gasteiger partial charge < -0.3 is 65.0 Å². The van der Waals surface area contributed by atoms with Crippen molar-refractivity contribution < 1.29 is 73.5 Å². The first-order valence-corrected chi connectivity index (χ1v) is 31.3. The normalized spacial score (nSPS) is 18.8. The minimum atomic E-state index is -2.37. The highest BCUT2D eigenvalue weighted by molar-refractivity contribution is 5.88. The SMILES string of the molecule is CCCCCCCCCCCCCCCCCCCCCCCCCC(=O)[C@@](O)(CCCCCCCCCCCCCC)[C@@H](O)[C@H](CO[C@H]1O[C@H](CO)[C@H](O)[C@H](O)[C@H]1O)NC(=O)OCOC(=O)CNC(=O)OCc1ccccc1. The molecule has 0 saturated carbocycles. The molecule has 1 heterocycles. The summed E-state index contributed by atoms with van der Waals surface area (Å²) in [4.78, 5) is 51.9. The van der Waals surface area contributed by atoms with Gasteiger partial charge in [0.1, 0.15) is 43.7 Å². The average molecular weight is 1120 g/mol. The molecule has 2 rings (SSSR count). The third-order valence-electron chi connectivity index (χ3n) is 15.4. The Bertz CT molecular complexity index is 1660. The number of alkyl carbamates (subject to hydrolysis) is 2. The van der Waals surface area contributed by atoms with E-state index in [1.54, 1.807) is 24.3 Å². The van der Waals surface area contributed by atoms with Crippen molar-refractivity contribution in [1.82, 2.24) is 10.6 Å². The first-order valence-electron chi connectivity index (χ1n) is 31.3. The van der Waals surface area contributed by atoms with Crippen LogP contribution < -0.4 is 10.6 Å². The van der Waals surface area contributed by atoms with Crippen molar-refractivity contribution in [3.63, 3.8) is 0 Å². The molecule has 458 valence electrons. The van der Waals surface area contributed by atoms with Crippen LogP contribution in [0.2, 0.25) is 0 Å². The highest BCUT2D eigenvalue weighted by atomic mass is 16.7. The first-order chi connectivity index (χ1) is 38.4. The molecule has 1 fully saturated rings. The molecular formula is C62H110N2O15. The number of esters is 1. The second-order valence-electron chi connectivity index (χ2n) is 22.2. The van der Waals surface area contributed by atoms with E-state index in [9.17, 15) is 49.8 Å². The van der Waals surface area contributed by atoms with Gasteiger partial charge in [-0.15, -0.1) is 0 Å². The number of aliphatic hydroxyl groups is 6. The van der Waals surface area contributed by atoms with Crippen LogP contribution in [0.25, 0.3) is 0 Å². The summed E-state index contributed by atoms with van der Waals surface area (Å²) in [6, 6.07) is 7.29. The van der Waals surface area contributed by atoms with Gasteiger partial charge in [0.25, 0.3) is 0 Å². The molecule has 0 spiro atoms. The zero-order valence-electron chi connectivity index (χ0n) is 49.0. The van der Waals surface area contributed by atoms with Gasteiger partial charge in [-0.1, -0.05) is 262 Å². The van der Waals surface area contributed by atoms with E-state index in [0.29, 0.717) is 19.3 Å². The highest BCUT2D eigenvalue weighted by Gasteiger charge is 2.48. The fourth-order valence-corrected chi connectivity index (χ4v) is 10.2. The van der Waals surface area contributed by atoms with Crippen LogP contribution in [-0.4, -0.2) is 130 Å². The van der Waals surface area contributed by atoms with E-state index in [4.69, 9.17) is 23.7 Å². The minimum absolute atomic E-state index is 0.0282. The number of carbonyl (C=O) groups excluding carboxylic acids is 4. The number of amides is 2. The van der Waals surface area contributed by atoms with Crippen LogP contribution >= 0.6 is 0 Å². The Morgan fingerprint density at radius 3 is 1.47 bits per heavy atom. The summed E-state index contributed by atoms with van der Waals surface area (Å²) in [5.41, 5.74) is -1.63. The third kappa shape index (κ3) is 33.9. The molecule has 1 aromatic rings. The van der Waals surface area contributed by atoms with Gasteiger partial charge in [-0.05, 0) is 18.4 Å². The second-order valence-corrected chi connectivity index (χ2v) is 22.2. The van der Waals surface area contributed by atoms with Crippen molar-refractivity contribution in [2.45, 2.75) is 306 Å². The van der Waals surface area contributed by atoms with E-state index in [1.807, 2.05) is 6.07 Å². The Morgan fingerprint density at radius 2 is 1.01 bits per heavy atom. The summed E-state index contributed by atoms with van der Waals surface area (Å²) in [6.07, 6.45) is 28.5. The molecule has 8 N–H and O–H groups in total. The summed E-state index contributed by atoms with van der Waals surface area (Å²) < 4.78 is 26.3. The van der Waals surface area contributed by atoms with E-state index < -0.39 is 98.9 Å². The zero-order chi connectivity index (χ0) is 57.6. The molecule has 8 atom stereocenters. The lowest BCUT2D eigenvalue weighted by molar-refractivity contribution is -0.303. The number of ketones is 1. The van der Waals surface area contributed by atoms with Crippen LogP contribution in [0.4, 0.5) is 9.59 Å². The number of Topliss-reactive ketones (excluding diaryl/α,β-unsaturated/α-hetero) is 1. The van der Waals surface area contributed by atoms with Crippen LogP contribution in [0.15, 0.2) is 30.3 Å². The zero-order valence-corrected chi connectivity index (χ0v) is 49.0. The number of unbranched alkanes of at least 4 members (excludes halogenated alkanes) is 33. The fourth-order valence-electron chi connectivity index (χ4n) is 10.2. The molecule has 1 aliphatic rings. The Kier molecular flexibility index (Phi) is 42.7. The topological polar surface area (TPSA) is 260 Å². The van der Waals surface area contributed by atoms with Crippen LogP contribution in [0.5, 0.6) is 0 Å². The number of hydrogen-bond donors (Lipinski definition) is 8. The molecule has 0 bridgehead atoms. The summed E-state index contributed by atoms with van der Waals surface area (Å²) in [7, 11) is 0. The summed E-state index contributed by atoms with van der Waals surface area (Å²) in [6.45, 7) is 1.45. The number of carbonyl (C=O) groups is 4. The lowest BCUT2D eigenvalue weighted by Crippen LogP contribution is -2.62. The Morgan fingerprint density at radius 1 is 0.570 bits per heavy atom. The Labute approximate surface area is 475 Å². The van der Waals surface area contributed by atoms with Gasteiger partial charge in [0, 0.05) is 6.42 Å². The Balaban J connectivity index is 1.95. The summed E-state index contributed by atoms with van der Waals surface area (Å²) in [5, 5.41) is 70.2. The van der Waals surface area contributed by atoms with Gasteiger partial charge in [-0.3, -0.25) is 9.59 Å². The molecule has 1 aromatic carbocycles. The quantitative estimate of drug-likeness (QED) is 0.0171. The summed E-state index contributed by atoms with van der Waals surface area (Å²) in [5.74, 6) is -1.58. The molecule has 1 saturated heterocycles. The maximum Gasteiger partial charge on any atom is 0.410 e. The van der Waals surface area contributed by atoms with Crippen LogP contribution in [-0.2, 0) is 39.9 Å². The molecule has 1 aliphatic heterocycles. The van der Waals surface area contributed by atoms with Crippen molar-refractivity contribution in [1.29, 1.82) is 0 Å². The van der Waals surface area contributed by atoms with Gasteiger partial charge in [-0.2, -0.15) is 0 Å². The van der Waals surface area contributed by atoms with Gasteiger partial charge in [0.2, 0.25) is 6.79 Å². The van der Waals surface area contributed by atoms with Gasteiger partial charge >= 0.3 is 18.2 Å². The molecule has 0 aromatic heterocycles. The number of hydrogen-bond acceptors (Lipinski definition) is 15. The van der Waals surface area contributed by atoms with Gasteiger partial charge in [0.15, 0.2) is 17.7 Å². The fraction of sp³-hybridized carbons (Fsp3) is 0.839. The van der Waals surface area contributed by atoms with E-state index in [1.165, 1.54) is 154 Å². The highest BCUT2D eigenvalue weighted by Crippen LogP contribution is 2.29. The van der Waals surface area contributed by atoms with E-state index >= 15 is 0 Å². The van der Waals surface area contributed by atoms with Crippen LogP contribution in [0.1, 0.15) is 257 Å². The molecule has 0 radical (unpaired) electrons. The largest absolute Gasteiger partial charge is 0.445 e. The summed E-state index contributed by atoms with van der Waals surface area (Å²) >= 11 is 0. The first kappa shape index (κ1) is 71.7. The van der Waals surface area contributed by atoms with Crippen molar-refractivity contribution in [2.24, 2.45) is 0 Å². The van der Waals surface area contributed by atoms with E-state index in [2.05, 4.69) is 24.5 Å². The molecule has 0 unspecified atom stereocenters. The number of aliphatic hydroxyl groups excluding tert-OH is 5. The standard InChI is InChI=1S/C62H110N2O15/c1-3-5-7-9-11-13-15-17-18-19-20-21-22-23-24-25-26-27-28-30-32-34-39-43-53(66)62(74,44-40-35-33-31-29-16-14-12-10-8-6-4-2)58(71)51(48-75-59-57(70)56(69)55(68)52(46-65)79-59)64-61(73)78-49-77-54(67)45-63-60(72)76-47-50-41-37-36-38-42-50/h36-38,41-42,51-52,55-59,65,68-71,74H,3-35,39-40,43-49H2,1-2H3,(H,63,72)(H,64,73)/t51-,52+,55-,56-,57+,58-,59-,62-/m0/s1.